The van der Waals surface area contributed by atoms with E-state index < -0.39 is 5.41 Å². The Morgan fingerprint density at radius 2 is 0.978 bits per heavy atom. The molecule has 2 aromatic heterocycles. The van der Waals surface area contributed by atoms with E-state index in [9.17, 15) is 0 Å². The molecule has 1 spiro atoms. The second-order valence-corrected chi connectivity index (χ2v) is 11.8. The second kappa shape index (κ2) is 9.40. The van der Waals surface area contributed by atoms with Crippen LogP contribution in [0.15, 0.2) is 146 Å². The highest BCUT2D eigenvalue weighted by Gasteiger charge is 2.51. The monoisotopic (exact) mass is 588 g/mol. The number of hydrogen-bond acceptors (Lipinski definition) is 5. The number of para-hydroxylation sites is 1. The first-order valence-electron chi connectivity index (χ1n) is 15.4. The van der Waals surface area contributed by atoms with Crippen molar-refractivity contribution in [1.82, 2.24) is 19.9 Å². The van der Waals surface area contributed by atoms with Gasteiger partial charge in [-0.05, 0) is 58.7 Å². The molecular weight excluding hydrogens is 564 g/mol. The maximum Gasteiger partial charge on any atom is 0.132 e. The summed E-state index contributed by atoms with van der Waals surface area (Å²) in [5.74, 6) is 1.71. The van der Waals surface area contributed by atoms with Crippen molar-refractivity contribution < 1.29 is 4.74 Å². The van der Waals surface area contributed by atoms with Crippen LogP contribution in [0.2, 0.25) is 0 Å². The zero-order chi connectivity index (χ0) is 30.2. The predicted octanol–water partition coefficient (Wildman–Crippen LogP) is 9.38. The van der Waals surface area contributed by atoms with Crippen LogP contribution in [-0.4, -0.2) is 19.9 Å². The topological polar surface area (TPSA) is 60.8 Å². The van der Waals surface area contributed by atoms with E-state index in [0.717, 1.165) is 67.2 Å². The van der Waals surface area contributed by atoms with Crippen LogP contribution in [0, 0.1) is 0 Å². The van der Waals surface area contributed by atoms with E-state index >= 15 is 0 Å². The molecule has 0 amide bonds. The van der Waals surface area contributed by atoms with E-state index in [-0.39, 0.29) is 0 Å². The molecule has 0 saturated heterocycles. The molecule has 10 rings (SSSR count). The van der Waals surface area contributed by atoms with Crippen molar-refractivity contribution in [2.45, 2.75) is 5.41 Å². The number of fused-ring (bicyclic) bond motifs is 12. The Kier molecular flexibility index (Phi) is 5.14. The van der Waals surface area contributed by atoms with Crippen LogP contribution in [0.5, 0.6) is 11.5 Å². The van der Waals surface area contributed by atoms with Gasteiger partial charge in [0, 0.05) is 22.3 Å². The Hall–Kier alpha value is -6.20. The van der Waals surface area contributed by atoms with Gasteiger partial charge in [-0.15, -0.1) is 0 Å². The average Bonchev–Trinajstić information content (AvgIpc) is 3.42. The first-order valence-corrected chi connectivity index (χ1v) is 15.4. The Bertz CT molecular complexity index is 2480. The third-order valence-electron chi connectivity index (χ3n) is 9.44. The van der Waals surface area contributed by atoms with Gasteiger partial charge in [0.15, 0.2) is 0 Å². The largest absolute Gasteiger partial charge is 0.457 e. The Morgan fingerprint density at radius 1 is 0.435 bits per heavy atom. The van der Waals surface area contributed by atoms with E-state index in [1.165, 1.54) is 22.3 Å². The van der Waals surface area contributed by atoms with Crippen molar-refractivity contribution in [2.75, 3.05) is 0 Å². The third-order valence-corrected chi connectivity index (χ3v) is 9.44. The van der Waals surface area contributed by atoms with Gasteiger partial charge in [-0.2, -0.15) is 0 Å². The predicted molar refractivity (Wildman–Crippen MR) is 181 cm³/mol. The SMILES string of the molecule is c1ccc(-c2cnc3ccc4ncc(-c5ccc6c(c5)C5(c7ccccc7O6)c6ccccc6-c6ccccc65)nc4c3n2)cc1. The van der Waals surface area contributed by atoms with Crippen LogP contribution in [-0.2, 0) is 5.41 Å². The molecule has 0 radical (unpaired) electrons. The Balaban J connectivity index is 1.22. The molecule has 0 saturated carbocycles. The van der Waals surface area contributed by atoms with Gasteiger partial charge in [-0.3, -0.25) is 9.97 Å². The number of ether oxygens (including phenoxy) is 1. The zero-order valence-corrected chi connectivity index (χ0v) is 24.6. The standard InChI is InChI=1S/C41H24N4O/c1-2-10-25(11-3-1)35-23-42-33-19-20-34-40(39(33)44-35)45-36(24-43-34)26-18-21-38-32(22-26)41(31-16-8-9-17-37(31)46-38)29-14-6-4-12-27(29)28-13-5-7-15-30(28)41/h1-24H. The van der Waals surface area contributed by atoms with E-state index in [2.05, 4.69) is 84.9 Å². The molecule has 5 heteroatoms. The van der Waals surface area contributed by atoms with Crippen molar-refractivity contribution in [1.29, 1.82) is 0 Å². The maximum absolute atomic E-state index is 6.61. The normalized spacial score (nSPS) is 13.6. The molecule has 3 heterocycles. The zero-order valence-electron chi connectivity index (χ0n) is 24.6. The molecule has 46 heavy (non-hydrogen) atoms. The lowest BCUT2D eigenvalue weighted by Crippen LogP contribution is -2.32. The summed E-state index contributed by atoms with van der Waals surface area (Å²) in [6.45, 7) is 0. The van der Waals surface area contributed by atoms with E-state index in [1.54, 1.807) is 0 Å². The number of rotatable bonds is 2. The highest BCUT2D eigenvalue weighted by Crippen LogP contribution is 2.62. The average molecular weight is 589 g/mol. The summed E-state index contributed by atoms with van der Waals surface area (Å²) in [7, 11) is 0. The van der Waals surface area contributed by atoms with Crippen molar-refractivity contribution in [3.05, 3.63) is 168 Å². The smallest absolute Gasteiger partial charge is 0.132 e. The van der Waals surface area contributed by atoms with Gasteiger partial charge in [0.2, 0.25) is 0 Å². The fraction of sp³-hybridized carbons (Fsp3) is 0.0244. The molecule has 6 aromatic carbocycles. The second-order valence-electron chi connectivity index (χ2n) is 11.8. The van der Waals surface area contributed by atoms with Crippen LogP contribution < -0.4 is 4.74 Å². The first kappa shape index (κ1) is 25.2. The number of benzene rings is 6. The van der Waals surface area contributed by atoms with Gasteiger partial charge in [-0.1, -0.05) is 97.1 Å². The lowest BCUT2D eigenvalue weighted by atomic mass is 9.66. The Morgan fingerprint density at radius 3 is 1.65 bits per heavy atom. The van der Waals surface area contributed by atoms with Crippen molar-refractivity contribution in [3.63, 3.8) is 0 Å². The Labute approximate surface area is 264 Å². The summed E-state index contributed by atoms with van der Waals surface area (Å²) in [5.41, 5.74) is 13.3. The number of hydrogen-bond donors (Lipinski definition) is 0. The van der Waals surface area contributed by atoms with Crippen LogP contribution >= 0.6 is 0 Å². The molecule has 0 bridgehead atoms. The molecule has 2 aliphatic rings. The van der Waals surface area contributed by atoms with Crippen LogP contribution in [0.3, 0.4) is 0 Å². The van der Waals surface area contributed by atoms with Crippen molar-refractivity contribution in [2.24, 2.45) is 0 Å². The molecular formula is C41H24N4O. The van der Waals surface area contributed by atoms with Gasteiger partial charge >= 0.3 is 0 Å². The molecule has 214 valence electrons. The van der Waals surface area contributed by atoms with Gasteiger partial charge in [0.25, 0.3) is 0 Å². The molecule has 5 nitrogen and oxygen atoms in total. The maximum atomic E-state index is 6.61. The lowest BCUT2D eigenvalue weighted by Gasteiger charge is -2.39. The molecule has 0 unspecified atom stereocenters. The van der Waals surface area contributed by atoms with E-state index in [1.807, 2.05) is 60.9 Å². The molecule has 0 fully saturated rings. The van der Waals surface area contributed by atoms with Gasteiger partial charge in [-0.25, -0.2) is 9.97 Å². The molecule has 8 aromatic rings. The minimum Gasteiger partial charge on any atom is -0.457 e. The van der Waals surface area contributed by atoms with E-state index in [4.69, 9.17) is 24.7 Å². The highest BCUT2D eigenvalue weighted by atomic mass is 16.5. The number of aromatic nitrogens is 4. The fourth-order valence-electron chi connectivity index (χ4n) is 7.45. The molecule has 1 aliphatic carbocycles. The van der Waals surface area contributed by atoms with Crippen molar-refractivity contribution >= 4 is 22.1 Å². The fourth-order valence-corrected chi connectivity index (χ4v) is 7.45. The summed E-state index contributed by atoms with van der Waals surface area (Å²) in [6, 6.07) is 46.4. The lowest BCUT2D eigenvalue weighted by molar-refractivity contribution is 0.436. The van der Waals surface area contributed by atoms with Crippen LogP contribution in [0.4, 0.5) is 0 Å². The summed E-state index contributed by atoms with van der Waals surface area (Å²) >= 11 is 0. The summed E-state index contributed by atoms with van der Waals surface area (Å²) in [4.78, 5) is 19.8. The summed E-state index contributed by atoms with van der Waals surface area (Å²) < 4.78 is 6.61. The van der Waals surface area contributed by atoms with Crippen LogP contribution in [0.1, 0.15) is 22.3 Å². The molecule has 0 N–H and O–H groups in total. The quantitative estimate of drug-likeness (QED) is 0.188. The highest BCUT2D eigenvalue weighted by molar-refractivity contribution is 6.01. The number of nitrogens with zero attached hydrogens (tertiary/aromatic N) is 4. The third kappa shape index (κ3) is 3.39. The first-order chi connectivity index (χ1) is 22.8. The van der Waals surface area contributed by atoms with Crippen LogP contribution in [0.25, 0.3) is 55.7 Å². The van der Waals surface area contributed by atoms with Gasteiger partial charge in [0.1, 0.15) is 22.5 Å². The summed E-state index contributed by atoms with van der Waals surface area (Å²) in [6.07, 6.45) is 3.67. The minimum absolute atomic E-state index is 0.541. The molecule has 1 aliphatic heterocycles. The summed E-state index contributed by atoms with van der Waals surface area (Å²) in [5, 5.41) is 0. The van der Waals surface area contributed by atoms with E-state index in [0.29, 0.717) is 0 Å². The van der Waals surface area contributed by atoms with Crippen molar-refractivity contribution in [3.8, 4) is 45.1 Å². The van der Waals surface area contributed by atoms with Gasteiger partial charge < -0.3 is 4.74 Å². The van der Waals surface area contributed by atoms with Gasteiger partial charge in [0.05, 0.1) is 40.2 Å². The molecule has 0 atom stereocenters. The minimum atomic E-state index is -0.541.